The molecule has 0 unspecified atom stereocenters. The van der Waals surface area contributed by atoms with Crippen LogP contribution in [0.25, 0.3) is 6.08 Å². The maximum atomic E-state index is 11.8. The molecule has 0 saturated carbocycles. The van der Waals surface area contributed by atoms with E-state index in [1.54, 1.807) is 19.1 Å². The fraction of sp³-hybridized carbons (Fsp3) is 0.400. The van der Waals surface area contributed by atoms with Crippen molar-refractivity contribution < 1.29 is 14.6 Å². The average molecular weight is 298 g/mol. The summed E-state index contributed by atoms with van der Waals surface area (Å²) in [4.78, 5) is 11.8. The molecule has 2 N–H and O–H groups in total. The van der Waals surface area contributed by atoms with Crippen LogP contribution in [0.2, 0.25) is 5.02 Å². The number of hydrogen-bond acceptors (Lipinski definition) is 3. The third-order valence-corrected chi connectivity index (χ3v) is 2.85. The molecule has 0 heterocycles. The number of amides is 1. The number of ether oxygens (including phenoxy) is 1. The third-order valence-electron chi connectivity index (χ3n) is 2.60. The van der Waals surface area contributed by atoms with Crippen molar-refractivity contribution in [3.05, 3.63) is 40.4 Å². The Balaban J connectivity index is 2.33. The molecule has 1 amide bonds. The van der Waals surface area contributed by atoms with Crippen LogP contribution in [0.4, 0.5) is 0 Å². The zero-order chi connectivity index (χ0) is 14.8. The Morgan fingerprint density at radius 1 is 1.35 bits per heavy atom. The van der Waals surface area contributed by atoms with Gasteiger partial charge in [-0.25, -0.2) is 0 Å². The zero-order valence-electron chi connectivity index (χ0n) is 11.6. The van der Waals surface area contributed by atoms with Gasteiger partial charge in [0.05, 0.1) is 13.2 Å². The van der Waals surface area contributed by atoms with Crippen LogP contribution < -0.4 is 5.32 Å². The lowest BCUT2D eigenvalue weighted by molar-refractivity contribution is -0.117. The van der Waals surface area contributed by atoms with Gasteiger partial charge in [0.2, 0.25) is 5.91 Å². The minimum atomic E-state index is -0.0953. The quantitative estimate of drug-likeness (QED) is 0.571. The number of halogens is 1. The van der Waals surface area contributed by atoms with E-state index in [9.17, 15) is 4.79 Å². The molecule has 0 aliphatic carbocycles. The predicted molar refractivity (Wildman–Crippen MR) is 80.6 cm³/mol. The summed E-state index contributed by atoms with van der Waals surface area (Å²) in [6.45, 7) is 3.21. The van der Waals surface area contributed by atoms with Crippen molar-refractivity contribution in [3.8, 4) is 0 Å². The topological polar surface area (TPSA) is 58.6 Å². The molecule has 0 fully saturated rings. The second-order valence-electron chi connectivity index (χ2n) is 4.32. The Morgan fingerprint density at radius 3 is 2.70 bits per heavy atom. The van der Waals surface area contributed by atoms with Crippen LogP contribution in [0, 0.1) is 0 Å². The summed E-state index contributed by atoms with van der Waals surface area (Å²) in [6, 6.07) is 7.30. The largest absolute Gasteiger partial charge is 0.394 e. The van der Waals surface area contributed by atoms with E-state index in [1.165, 1.54) is 0 Å². The van der Waals surface area contributed by atoms with Gasteiger partial charge in [-0.15, -0.1) is 0 Å². The lowest BCUT2D eigenvalue weighted by Gasteiger charge is -2.06. The van der Waals surface area contributed by atoms with Crippen LogP contribution in [-0.2, 0) is 9.53 Å². The van der Waals surface area contributed by atoms with Crippen molar-refractivity contribution in [2.75, 3.05) is 26.4 Å². The molecule has 1 aromatic rings. The van der Waals surface area contributed by atoms with Crippen LogP contribution in [-0.4, -0.2) is 37.4 Å². The number of hydrogen-bond donors (Lipinski definition) is 2. The van der Waals surface area contributed by atoms with Crippen LogP contribution >= 0.6 is 11.6 Å². The zero-order valence-corrected chi connectivity index (χ0v) is 12.3. The van der Waals surface area contributed by atoms with Gasteiger partial charge in [0, 0.05) is 23.7 Å². The molecule has 110 valence electrons. The van der Waals surface area contributed by atoms with E-state index in [4.69, 9.17) is 21.4 Å². The van der Waals surface area contributed by atoms with Gasteiger partial charge < -0.3 is 15.2 Å². The highest BCUT2D eigenvalue weighted by Gasteiger charge is 2.03. The smallest absolute Gasteiger partial charge is 0.246 e. The van der Waals surface area contributed by atoms with Crippen LogP contribution in [0.5, 0.6) is 0 Å². The maximum absolute atomic E-state index is 11.8. The van der Waals surface area contributed by atoms with Gasteiger partial charge in [0.1, 0.15) is 0 Å². The van der Waals surface area contributed by atoms with Gasteiger partial charge in [-0.2, -0.15) is 0 Å². The van der Waals surface area contributed by atoms with E-state index in [2.05, 4.69) is 5.32 Å². The van der Waals surface area contributed by atoms with Gasteiger partial charge >= 0.3 is 0 Å². The monoisotopic (exact) mass is 297 g/mol. The lowest BCUT2D eigenvalue weighted by Crippen LogP contribution is -2.25. The minimum absolute atomic E-state index is 0.0231. The number of rotatable bonds is 8. The third kappa shape index (κ3) is 6.70. The summed E-state index contributed by atoms with van der Waals surface area (Å²) < 4.78 is 5.10. The van der Waals surface area contributed by atoms with Crippen LogP contribution in [0.15, 0.2) is 29.8 Å². The Morgan fingerprint density at radius 2 is 2.05 bits per heavy atom. The molecule has 0 radical (unpaired) electrons. The van der Waals surface area contributed by atoms with Crippen molar-refractivity contribution >= 4 is 23.6 Å². The van der Waals surface area contributed by atoms with Gasteiger partial charge in [-0.05, 0) is 37.1 Å². The number of benzene rings is 1. The van der Waals surface area contributed by atoms with E-state index < -0.39 is 0 Å². The lowest BCUT2D eigenvalue weighted by atomic mass is 10.1. The van der Waals surface area contributed by atoms with Gasteiger partial charge in [-0.1, -0.05) is 23.7 Å². The molecule has 0 aromatic heterocycles. The second kappa shape index (κ2) is 9.53. The standard InChI is InChI=1S/C15H20ClNO3/c1-12(11-13-3-5-14(16)6-4-13)15(19)17-7-2-9-20-10-8-18/h3-6,11,18H,2,7-10H2,1H3,(H,17,19)/b12-11-. The summed E-state index contributed by atoms with van der Waals surface area (Å²) in [5.74, 6) is -0.0953. The van der Waals surface area contributed by atoms with Crippen molar-refractivity contribution in [1.29, 1.82) is 0 Å². The van der Waals surface area contributed by atoms with Crippen LogP contribution in [0.3, 0.4) is 0 Å². The van der Waals surface area contributed by atoms with Gasteiger partial charge in [0.25, 0.3) is 0 Å². The maximum Gasteiger partial charge on any atom is 0.246 e. The normalized spacial score (nSPS) is 11.4. The van der Waals surface area contributed by atoms with Crippen molar-refractivity contribution in [2.24, 2.45) is 0 Å². The molecule has 0 saturated heterocycles. The summed E-state index contributed by atoms with van der Waals surface area (Å²) in [5.41, 5.74) is 1.58. The Bertz CT molecular complexity index is 443. The summed E-state index contributed by atoms with van der Waals surface area (Å²) in [5, 5.41) is 12.0. The molecule has 1 aromatic carbocycles. The summed E-state index contributed by atoms with van der Waals surface area (Å²) in [7, 11) is 0. The number of carbonyl (C=O) groups excluding carboxylic acids is 1. The van der Waals surface area contributed by atoms with E-state index >= 15 is 0 Å². The first-order valence-corrected chi connectivity index (χ1v) is 6.92. The molecule has 0 aliphatic heterocycles. The molecule has 1 rings (SSSR count). The Kier molecular flexibility index (Phi) is 7.95. The minimum Gasteiger partial charge on any atom is -0.394 e. The average Bonchev–Trinajstić information content (AvgIpc) is 2.45. The molecule has 4 nitrogen and oxygen atoms in total. The summed E-state index contributed by atoms with van der Waals surface area (Å²) in [6.07, 6.45) is 2.54. The van der Waals surface area contributed by atoms with E-state index in [0.717, 1.165) is 12.0 Å². The highest BCUT2D eigenvalue weighted by molar-refractivity contribution is 6.30. The first-order chi connectivity index (χ1) is 9.63. The highest BCUT2D eigenvalue weighted by Crippen LogP contribution is 2.12. The van der Waals surface area contributed by atoms with Gasteiger partial charge in [0.15, 0.2) is 0 Å². The van der Waals surface area contributed by atoms with Crippen molar-refractivity contribution in [1.82, 2.24) is 5.32 Å². The predicted octanol–water partition coefficient (Wildman–Crippen LogP) is 2.26. The van der Waals surface area contributed by atoms with Crippen molar-refractivity contribution in [2.45, 2.75) is 13.3 Å². The molecule has 5 heteroatoms. The fourth-order valence-electron chi connectivity index (χ4n) is 1.56. The van der Waals surface area contributed by atoms with Crippen LogP contribution in [0.1, 0.15) is 18.9 Å². The number of nitrogens with one attached hydrogen (secondary N) is 1. The molecule has 0 spiro atoms. The van der Waals surface area contributed by atoms with Gasteiger partial charge in [-0.3, -0.25) is 4.79 Å². The SMILES string of the molecule is C/C(=C/c1ccc(Cl)cc1)C(=O)NCCCOCCO. The Labute approximate surface area is 124 Å². The van der Waals surface area contributed by atoms with E-state index in [-0.39, 0.29) is 12.5 Å². The number of aliphatic hydroxyl groups is 1. The highest BCUT2D eigenvalue weighted by atomic mass is 35.5. The summed E-state index contributed by atoms with van der Waals surface area (Å²) >= 11 is 5.80. The molecule has 0 aliphatic rings. The van der Waals surface area contributed by atoms with E-state index in [1.807, 2.05) is 18.2 Å². The second-order valence-corrected chi connectivity index (χ2v) is 4.76. The Hall–Kier alpha value is -1.36. The number of carbonyl (C=O) groups is 1. The first kappa shape index (κ1) is 16.7. The molecular formula is C15H20ClNO3. The van der Waals surface area contributed by atoms with E-state index in [0.29, 0.717) is 30.4 Å². The fourth-order valence-corrected chi connectivity index (χ4v) is 1.68. The molecule has 20 heavy (non-hydrogen) atoms. The molecule has 0 bridgehead atoms. The number of aliphatic hydroxyl groups excluding tert-OH is 1. The van der Waals surface area contributed by atoms with Crippen molar-refractivity contribution in [3.63, 3.8) is 0 Å². The first-order valence-electron chi connectivity index (χ1n) is 6.54. The molecule has 0 atom stereocenters. The molecular weight excluding hydrogens is 278 g/mol.